The first-order valence-electron chi connectivity index (χ1n) is 11.5. The smallest absolute Gasteiger partial charge is 0.266 e. The number of ether oxygens (including phenoxy) is 2. The van der Waals surface area contributed by atoms with Gasteiger partial charge in [-0.3, -0.25) is 14.2 Å². The summed E-state index contributed by atoms with van der Waals surface area (Å²) in [5, 5.41) is 4.40. The van der Waals surface area contributed by atoms with Crippen LogP contribution in [-0.4, -0.2) is 47.1 Å². The summed E-state index contributed by atoms with van der Waals surface area (Å²) in [6.07, 6.45) is 0.663. The monoisotopic (exact) mass is 539 g/mol. The zero-order chi connectivity index (χ0) is 26.2. The van der Waals surface area contributed by atoms with Crippen LogP contribution in [0.15, 0.2) is 76.7 Å². The first-order valence-corrected chi connectivity index (χ1v) is 13.6. The number of aromatic nitrogens is 2. The van der Waals surface area contributed by atoms with Gasteiger partial charge in [0.25, 0.3) is 5.56 Å². The molecule has 37 heavy (non-hydrogen) atoms. The fourth-order valence-corrected chi connectivity index (χ4v) is 5.55. The fraction of sp³-hybridized carbons (Fsp3) is 0.222. The molecule has 1 amide bonds. The predicted octanol–water partition coefficient (Wildman–Crippen LogP) is 4.68. The average Bonchev–Trinajstić information content (AvgIpc) is 2.92. The Morgan fingerprint density at radius 3 is 2.54 bits per heavy atom. The highest BCUT2D eigenvalue weighted by molar-refractivity contribution is 8.16. The van der Waals surface area contributed by atoms with E-state index in [1.54, 1.807) is 44.6 Å². The summed E-state index contributed by atoms with van der Waals surface area (Å²) < 4.78 is 25.5. The minimum absolute atomic E-state index is 0.0755. The molecule has 0 atom stereocenters. The summed E-state index contributed by atoms with van der Waals surface area (Å²) in [5.74, 6) is 1.13. The first kappa shape index (κ1) is 26.6. The zero-order valence-corrected chi connectivity index (χ0v) is 22.0. The number of hydrogen-bond acceptors (Lipinski definition) is 7. The van der Waals surface area contributed by atoms with E-state index in [2.05, 4.69) is 10.3 Å². The number of thioether (sulfide) groups is 2. The molecule has 0 saturated heterocycles. The van der Waals surface area contributed by atoms with Gasteiger partial charge in [-0.25, -0.2) is 9.37 Å². The highest BCUT2D eigenvalue weighted by Crippen LogP contribution is 2.28. The number of benzene rings is 3. The van der Waals surface area contributed by atoms with Gasteiger partial charge in [-0.15, -0.1) is 11.8 Å². The second-order valence-corrected chi connectivity index (χ2v) is 10.2. The lowest BCUT2D eigenvalue weighted by molar-refractivity contribution is -0.118. The van der Waals surface area contributed by atoms with Crippen LogP contribution in [0.1, 0.15) is 5.56 Å². The van der Waals surface area contributed by atoms with E-state index >= 15 is 0 Å². The molecule has 0 aliphatic carbocycles. The van der Waals surface area contributed by atoms with Crippen molar-refractivity contribution in [2.75, 3.05) is 31.6 Å². The molecule has 1 N–H and O–H groups in total. The molecule has 1 aromatic heterocycles. The van der Waals surface area contributed by atoms with Gasteiger partial charge in [0.2, 0.25) is 5.91 Å². The molecule has 3 aromatic carbocycles. The third-order valence-corrected chi connectivity index (χ3v) is 7.65. The summed E-state index contributed by atoms with van der Waals surface area (Å²) in [7, 11) is 3.18. The van der Waals surface area contributed by atoms with Crippen molar-refractivity contribution < 1.29 is 18.7 Å². The van der Waals surface area contributed by atoms with Crippen molar-refractivity contribution >= 4 is 40.3 Å². The Morgan fingerprint density at radius 2 is 1.78 bits per heavy atom. The maximum absolute atomic E-state index is 13.5. The Kier molecular flexibility index (Phi) is 9.08. The predicted molar refractivity (Wildman–Crippen MR) is 147 cm³/mol. The van der Waals surface area contributed by atoms with Crippen molar-refractivity contribution in [3.8, 4) is 17.2 Å². The van der Waals surface area contributed by atoms with E-state index in [1.165, 1.54) is 40.2 Å². The van der Waals surface area contributed by atoms with Gasteiger partial charge in [0, 0.05) is 11.6 Å². The summed E-state index contributed by atoms with van der Waals surface area (Å²) in [4.78, 5) is 30.2. The van der Waals surface area contributed by atoms with Gasteiger partial charge in [0.05, 0.1) is 36.6 Å². The number of nitrogens with zero attached hydrogens (tertiary/aromatic N) is 2. The summed E-state index contributed by atoms with van der Waals surface area (Å²) in [6.45, 7) is 0.498. The van der Waals surface area contributed by atoms with Crippen LogP contribution in [0.3, 0.4) is 0 Å². The normalized spacial score (nSPS) is 10.9. The molecule has 0 aliphatic heterocycles. The summed E-state index contributed by atoms with van der Waals surface area (Å²) in [6, 6.07) is 18.5. The van der Waals surface area contributed by atoms with E-state index in [1.807, 2.05) is 24.3 Å². The third kappa shape index (κ3) is 6.64. The van der Waals surface area contributed by atoms with Crippen LogP contribution < -0.4 is 20.3 Å². The molecule has 0 saturated carbocycles. The summed E-state index contributed by atoms with van der Waals surface area (Å²) in [5.41, 5.74) is 1.93. The number of rotatable bonds is 11. The van der Waals surface area contributed by atoms with Crippen LogP contribution in [0.4, 0.5) is 4.39 Å². The average molecular weight is 540 g/mol. The lowest BCUT2D eigenvalue weighted by Gasteiger charge is -2.13. The minimum Gasteiger partial charge on any atom is -0.493 e. The van der Waals surface area contributed by atoms with Gasteiger partial charge in [-0.05, 0) is 60.5 Å². The number of amides is 1. The third-order valence-electron chi connectivity index (χ3n) is 5.52. The van der Waals surface area contributed by atoms with Crippen LogP contribution in [0.2, 0.25) is 0 Å². The van der Waals surface area contributed by atoms with Crippen LogP contribution in [-0.2, 0) is 11.2 Å². The molecule has 0 bridgehead atoms. The van der Waals surface area contributed by atoms with Gasteiger partial charge in [0.1, 0.15) is 5.82 Å². The molecule has 0 fully saturated rings. The second kappa shape index (κ2) is 12.6. The van der Waals surface area contributed by atoms with E-state index in [0.29, 0.717) is 51.3 Å². The van der Waals surface area contributed by atoms with Gasteiger partial charge < -0.3 is 14.8 Å². The standard InChI is InChI=1S/C27H26FN3O4S2/c1-34-23-12-7-18(15-24(23)35-2)13-14-29-25(32)16-36-17-37-27-30-22-6-4-3-5-21(22)26(33)31(27)20-10-8-19(28)9-11-20/h3-12,15H,13-14,16-17H2,1-2H3,(H,29,32). The molecule has 192 valence electrons. The molecular weight excluding hydrogens is 513 g/mol. The molecule has 10 heteroatoms. The van der Waals surface area contributed by atoms with Crippen molar-refractivity contribution in [3.05, 3.63) is 88.5 Å². The number of carbonyl (C=O) groups excluding carboxylic acids is 1. The molecule has 7 nitrogen and oxygen atoms in total. The quantitative estimate of drug-likeness (QED) is 0.128. The Hall–Kier alpha value is -3.50. The second-order valence-electron chi connectivity index (χ2n) is 7.93. The molecule has 0 radical (unpaired) electrons. The number of halogens is 1. The van der Waals surface area contributed by atoms with Crippen molar-refractivity contribution in [2.45, 2.75) is 11.6 Å². The number of carbonyl (C=O) groups is 1. The lowest BCUT2D eigenvalue weighted by atomic mass is 10.1. The van der Waals surface area contributed by atoms with E-state index in [-0.39, 0.29) is 23.0 Å². The number of fused-ring (bicyclic) bond motifs is 1. The number of hydrogen-bond donors (Lipinski definition) is 1. The molecule has 4 rings (SSSR count). The molecule has 4 aromatic rings. The van der Waals surface area contributed by atoms with Gasteiger partial charge in [0.15, 0.2) is 16.7 Å². The number of nitrogens with one attached hydrogen (secondary N) is 1. The topological polar surface area (TPSA) is 82.5 Å². The SMILES string of the molecule is COc1ccc(CCNC(=O)CSCSc2nc3ccccc3c(=O)n2-c2ccc(F)cc2)cc1OC. The highest BCUT2D eigenvalue weighted by atomic mass is 32.2. The van der Waals surface area contributed by atoms with Crippen LogP contribution in [0, 0.1) is 5.82 Å². The summed E-state index contributed by atoms with van der Waals surface area (Å²) >= 11 is 2.79. The van der Waals surface area contributed by atoms with Crippen LogP contribution in [0.5, 0.6) is 11.5 Å². The lowest BCUT2D eigenvalue weighted by Crippen LogP contribution is -2.27. The van der Waals surface area contributed by atoms with Gasteiger partial charge >= 0.3 is 0 Å². The van der Waals surface area contributed by atoms with Crippen molar-refractivity contribution in [1.82, 2.24) is 14.9 Å². The Labute approximate surface area is 222 Å². The minimum atomic E-state index is -0.382. The largest absolute Gasteiger partial charge is 0.493 e. The molecular formula is C27H26FN3O4S2. The van der Waals surface area contributed by atoms with E-state index < -0.39 is 0 Å². The Bertz CT molecular complexity index is 1440. The van der Waals surface area contributed by atoms with Crippen LogP contribution >= 0.6 is 23.5 Å². The van der Waals surface area contributed by atoms with E-state index in [0.717, 1.165) is 5.56 Å². The first-order chi connectivity index (χ1) is 18.0. The van der Waals surface area contributed by atoms with Gasteiger partial charge in [-0.2, -0.15) is 0 Å². The maximum atomic E-state index is 13.5. The van der Waals surface area contributed by atoms with E-state index in [9.17, 15) is 14.0 Å². The Balaban J connectivity index is 1.34. The van der Waals surface area contributed by atoms with Crippen molar-refractivity contribution in [1.29, 1.82) is 0 Å². The molecule has 0 spiro atoms. The molecule has 0 aliphatic rings. The van der Waals surface area contributed by atoms with E-state index in [4.69, 9.17) is 9.47 Å². The van der Waals surface area contributed by atoms with Crippen molar-refractivity contribution in [3.63, 3.8) is 0 Å². The fourth-order valence-electron chi connectivity index (χ4n) is 3.69. The zero-order valence-electron chi connectivity index (χ0n) is 20.4. The van der Waals surface area contributed by atoms with Gasteiger partial charge in [-0.1, -0.05) is 30.0 Å². The number of para-hydroxylation sites is 1. The number of methoxy groups -OCH3 is 2. The molecule has 1 heterocycles. The van der Waals surface area contributed by atoms with Crippen LogP contribution in [0.25, 0.3) is 16.6 Å². The molecule has 0 unspecified atom stereocenters. The maximum Gasteiger partial charge on any atom is 0.266 e. The highest BCUT2D eigenvalue weighted by Gasteiger charge is 2.14. The Morgan fingerprint density at radius 1 is 1.03 bits per heavy atom. The van der Waals surface area contributed by atoms with Crippen molar-refractivity contribution in [2.24, 2.45) is 0 Å².